The van der Waals surface area contributed by atoms with Crippen molar-refractivity contribution >= 4 is 5.95 Å². The highest BCUT2D eigenvalue weighted by molar-refractivity contribution is 5.33. The molecule has 0 N–H and O–H groups in total. The molecule has 2 heterocycles. The van der Waals surface area contributed by atoms with E-state index in [9.17, 15) is 0 Å². The van der Waals surface area contributed by atoms with Crippen molar-refractivity contribution in [1.29, 1.82) is 0 Å². The van der Waals surface area contributed by atoms with Gasteiger partial charge in [0.2, 0.25) is 5.95 Å². The second-order valence-electron chi connectivity index (χ2n) is 9.82. The van der Waals surface area contributed by atoms with Crippen LogP contribution in [0.15, 0.2) is 24.3 Å². The van der Waals surface area contributed by atoms with E-state index in [1.807, 2.05) is 12.1 Å². The van der Waals surface area contributed by atoms with Gasteiger partial charge in [-0.15, -0.1) is 10.2 Å². The van der Waals surface area contributed by atoms with Crippen molar-refractivity contribution in [3.8, 4) is 5.75 Å². The van der Waals surface area contributed by atoms with Crippen LogP contribution in [0.2, 0.25) is 0 Å². The molecule has 0 bridgehead atoms. The largest absolute Gasteiger partial charge is 0.497 e. The predicted octanol–water partition coefficient (Wildman–Crippen LogP) is 3.79. The monoisotopic (exact) mass is 411 g/mol. The standard InChI is InChI=1S/C24H37N5O/c1-24(2,3)28-15-5-14-27(16-17-28)23-26-25-22(29(23)18-20-6-7-20)13-10-19-8-11-21(30-4)12-9-19/h8-9,11-12,20H,5-7,10,13-18H2,1-4H3. The molecule has 6 nitrogen and oxygen atoms in total. The van der Waals surface area contributed by atoms with Crippen LogP contribution in [0.3, 0.4) is 0 Å². The second kappa shape index (κ2) is 8.96. The fourth-order valence-electron chi connectivity index (χ4n) is 4.33. The first kappa shape index (κ1) is 21.2. The third-order valence-corrected chi connectivity index (χ3v) is 6.47. The van der Waals surface area contributed by atoms with Crippen LogP contribution in [-0.2, 0) is 19.4 Å². The molecule has 0 atom stereocenters. The molecule has 30 heavy (non-hydrogen) atoms. The lowest BCUT2D eigenvalue weighted by Crippen LogP contribution is -2.43. The number of methoxy groups -OCH3 is 1. The number of hydrogen-bond acceptors (Lipinski definition) is 5. The number of benzene rings is 1. The predicted molar refractivity (Wildman–Crippen MR) is 121 cm³/mol. The van der Waals surface area contributed by atoms with Crippen LogP contribution < -0.4 is 9.64 Å². The molecule has 1 aromatic carbocycles. The van der Waals surface area contributed by atoms with Crippen LogP contribution in [0.5, 0.6) is 5.75 Å². The molecule has 0 amide bonds. The van der Waals surface area contributed by atoms with Gasteiger partial charge in [-0.1, -0.05) is 12.1 Å². The Morgan fingerprint density at radius 3 is 2.40 bits per heavy atom. The van der Waals surface area contributed by atoms with Gasteiger partial charge in [0.25, 0.3) is 0 Å². The quantitative estimate of drug-likeness (QED) is 0.694. The maximum absolute atomic E-state index is 5.28. The molecule has 0 unspecified atom stereocenters. The highest BCUT2D eigenvalue weighted by Gasteiger charge is 2.29. The van der Waals surface area contributed by atoms with Gasteiger partial charge in [-0.05, 0) is 70.1 Å². The first-order chi connectivity index (χ1) is 14.4. The number of aryl methyl sites for hydroxylation is 2. The molecule has 1 aliphatic carbocycles. The van der Waals surface area contributed by atoms with Crippen molar-refractivity contribution in [3.63, 3.8) is 0 Å². The minimum Gasteiger partial charge on any atom is -0.497 e. The minimum absolute atomic E-state index is 0.223. The summed E-state index contributed by atoms with van der Waals surface area (Å²) in [5.41, 5.74) is 1.54. The van der Waals surface area contributed by atoms with E-state index in [0.29, 0.717) is 0 Å². The molecule has 2 aromatic rings. The first-order valence-corrected chi connectivity index (χ1v) is 11.5. The number of hydrogen-bond donors (Lipinski definition) is 0. The van der Waals surface area contributed by atoms with E-state index < -0.39 is 0 Å². The van der Waals surface area contributed by atoms with E-state index in [4.69, 9.17) is 4.74 Å². The summed E-state index contributed by atoms with van der Waals surface area (Å²) < 4.78 is 7.70. The van der Waals surface area contributed by atoms with Crippen molar-refractivity contribution in [2.24, 2.45) is 5.92 Å². The van der Waals surface area contributed by atoms with Crippen LogP contribution in [0, 0.1) is 5.92 Å². The molecular formula is C24H37N5O. The number of nitrogens with zero attached hydrogens (tertiary/aromatic N) is 5. The summed E-state index contributed by atoms with van der Waals surface area (Å²) in [6.45, 7) is 12.3. The topological polar surface area (TPSA) is 46.4 Å². The number of rotatable bonds is 7. The maximum Gasteiger partial charge on any atom is 0.227 e. The van der Waals surface area contributed by atoms with Gasteiger partial charge in [0.05, 0.1) is 7.11 Å². The fraction of sp³-hybridized carbons (Fsp3) is 0.667. The molecule has 1 saturated heterocycles. The average molecular weight is 412 g/mol. The zero-order chi connectivity index (χ0) is 21.1. The zero-order valence-corrected chi connectivity index (χ0v) is 19.1. The van der Waals surface area contributed by atoms with Crippen LogP contribution in [0.4, 0.5) is 5.95 Å². The lowest BCUT2D eigenvalue weighted by molar-refractivity contribution is 0.148. The van der Waals surface area contributed by atoms with Gasteiger partial charge < -0.3 is 9.64 Å². The Morgan fingerprint density at radius 2 is 1.73 bits per heavy atom. The average Bonchev–Trinajstić information content (AvgIpc) is 3.50. The molecular weight excluding hydrogens is 374 g/mol. The number of aromatic nitrogens is 3. The van der Waals surface area contributed by atoms with Crippen LogP contribution >= 0.6 is 0 Å². The summed E-state index contributed by atoms with van der Waals surface area (Å²) in [4.78, 5) is 5.07. The van der Waals surface area contributed by atoms with Gasteiger partial charge >= 0.3 is 0 Å². The summed E-state index contributed by atoms with van der Waals surface area (Å²) in [6.07, 6.45) is 5.76. The Kier molecular flexibility index (Phi) is 6.32. The Bertz CT molecular complexity index is 819. The van der Waals surface area contributed by atoms with Crippen LogP contribution in [0.1, 0.15) is 51.4 Å². The van der Waals surface area contributed by atoms with Crippen molar-refractivity contribution in [2.45, 2.75) is 65.0 Å². The molecule has 4 rings (SSSR count). The Labute approximate surface area is 181 Å². The van der Waals surface area contributed by atoms with Crippen molar-refractivity contribution in [3.05, 3.63) is 35.7 Å². The Balaban J connectivity index is 1.47. The van der Waals surface area contributed by atoms with E-state index in [0.717, 1.165) is 69.0 Å². The summed E-state index contributed by atoms with van der Waals surface area (Å²) >= 11 is 0. The van der Waals surface area contributed by atoms with Gasteiger partial charge in [0.1, 0.15) is 11.6 Å². The van der Waals surface area contributed by atoms with Gasteiger partial charge in [0.15, 0.2) is 0 Å². The first-order valence-electron chi connectivity index (χ1n) is 11.5. The van der Waals surface area contributed by atoms with Crippen molar-refractivity contribution in [2.75, 3.05) is 38.2 Å². The second-order valence-corrected chi connectivity index (χ2v) is 9.82. The minimum atomic E-state index is 0.223. The van der Waals surface area contributed by atoms with Crippen LogP contribution in [0.25, 0.3) is 0 Å². The molecule has 6 heteroatoms. The normalized spacial score (nSPS) is 18.5. The SMILES string of the molecule is COc1ccc(CCc2nnc(N3CCCN(C(C)(C)C)CC3)n2CC2CC2)cc1. The summed E-state index contributed by atoms with van der Waals surface area (Å²) in [5, 5.41) is 9.34. The van der Waals surface area contributed by atoms with Gasteiger partial charge in [-0.25, -0.2) is 0 Å². The molecule has 1 aromatic heterocycles. The Morgan fingerprint density at radius 1 is 0.967 bits per heavy atom. The molecule has 2 fully saturated rings. The van der Waals surface area contributed by atoms with Crippen LogP contribution in [-0.4, -0.2) is 58.5 Å². The van der Waals surface area contributed by atoms with Gasteiger partial charge in [-0.2, -0.15) is 0 Å². The molecule has 164 valence electrons. The molecule has 2 aliphatic rings. The fourth-order valence-corrected chi connectivity index (χ4v) is 4.33. The van der Waals surface area contributed by atoms with Crippen molar-refractivity contribution in [1.82, 2.24) is 19.7 Å². The third kappa shape index (κ3) is 5.15. The number of ether oxygens (including phenoxy) is 1. The molecule has 0 radical (unpaired) electrons. The van der Waals surface area contributed by atoms with E-state index in [-0.39, 0.29) is 5.54 Å². The smallest absolute Gasteiger partial charge is 0.227 e. The molecule has 1 saturated carbocycles. The number of anilines is 1. The van der Waals surface area contributed by atoms with Gasteiger partial charge in [-0.3, -0.25) is 9.47 Å². The Hall–Kier alpha value is -2.08. The van der Waals surface area contributed by atoms with Gasteiger partial charge in [0, 0.05) is 44.7 Å². The third-order valence-electron chi connectivity index (χ3n) is 6.47. The highest BCUT2D eigenvalue weighted by atomic mass is 16.5. The lowest BCUT2D eigenvalue weighted by atomic mass is 10.1. The molecule has 0 spiro atoms. The van der Waals surface area contributed by atoms with E-state index >= 15 is 0 Å². The van der Waals surface area contributed by atoms with E-state index in [1.165, 1.54) is 24.8 Å². The molecule has 1 aliphatic heterocycles. The maximum atomic E-state index is 5.28. The van der Waals surface area contributed by atoms with E-state index in [2.05, 4.69) is 57.5 Å². The summed E-state index contributed by atoms with van der Waals surface area (Å²) in [6, 6.07) is 8.37. The highest BCUT2D eigenvalue weighted by Crippen LogP contribution is 2.33. The van der Waals surface area contributed by atoms with Crippen molar-refractivity contribution < 1.29 is 4.74 Å². The summed E-state index contributed by atoms with van der Waals surface area (Å²) in [5.74, 6) is 3.92. The lowest BCUT2D eigenvalue weighted by Gasteiger charge is -2.34. The zero-order valence-electron chi connectivity index (χ0n) is 19.1. The van der Waals surface area contributed by atoms with E-state index in [1.54, 1.807) is 7.11 Å². The summed E-state index contributed by atoms with van der Waals surface area (Å²) in [7, 11) is 1.71.